The van der Waals surface area contributed by atoms with E-state index < -0.39 is 36.2 Å². The molecule has 0 saturated carbocycles. The molecule has 1 rings (SSSR count). The number of carbonyl (C=O) groups excluding carboxylic acids is 1. The highest BCUT2D eigenvalue weighted by atomic mass is 79.9. The van der Waals surface area contributed by atoms with Crippen molar-refractivity contribution in [2.24, 2.45) is 0 Å². The summed E-state index contributed by atoms with van der Waals surface area (Å²) >= 11 is 3.08. The second-order valence-corrected chi connectivity index (χ2v) is 4.63. The topological polar surface area (TPSA) is 116 Å². The smallest absolute Gasteiger partial charge is 0.326 e. The molecular weight excluding hydrogens is 339 g/mol. The standard InChI is InChI=1S/C11H10BrFN2O5/c12-5-1-2-6(13)7(3-5)14-11(20)15-8(10(18)19)4-9(16)17/h1-3,8H,4H2,(H,16,17)(H,18,19)(H2,14,15,20)/t8-/m1/s1. The van der Waals surface area contributed by atoms with Crippen LogP contribution in [0.4, 0.5) is 14.9 Å². The van der Waals surface area contributed by atoms with E-state index in [-0.39, 0.29) is 5.69 Å². The van der Waals surface area contributed by atoms with E-state index in [0.29, 0.717) is 4.47 Å². The lowest BCUT2D eigenvalue weighted by atomic mass is 10.2. The summed E-state index contributed by atoms with van der Waals surface area (Å²) in [5, 5.41) is 21.3. The van der Waals surface area contributed by atoms with Crippen molar-refractivity contribution in [3.05, 3.63) is 28.5 Å². The second-order valence-electron chi connectivity index (χ2n) is 3.71. The number of hydrogen-bond acceptors (Lipinski definition) is 3. The Hall–Kier alpha value is -2.16. The normalized spacial score (nSPS) is 11.5. The van der Waals surface area contributed by atoms with Gasteiger partial charge in [0.2, 0.25) is 0 Å². The lowest BCUT2D eigenvalue weighted by Crippen LogP contribution is -2.44. The number of carboxylic acid groups (broad SMARTS) is 2. The summed E-state index contributed by atoms with van der Waals surface area (Å²) in [7, 11) is 0. The van der Waals surface area contributed by atoms with Gasteiger partial charge in [0.05, 0.1) is 12.1 Å². The van der Waals surface area contributed by atoms with E-state index in [0.717, 1.165) is 6.07 Å². The van der Waals surface area contributed by atoms with Crippen LogP contribution in [0.5, 0.6) is 0 Å². The van der Waals surface area contributed by atoms with Gasteiger partial charge in [0, 0.05) is 4.47 Å². The van der Waals surface area contributed by atoms with Crippen LogP contribution in [0.1, 0.15) is 6.42 Å². The Morgan fingerprint density at radius 2 is 1.95 bits per heavy atom. The Bertz CT molecular complexity index is 552. The number of aliphatic carboxylic acids is 2. The molecule has 0 aromatic heterocycles. The molecule has 2 amide bonds. The van der Waals surface area contributed by atoms with Gasteiger partial charge in [-0.2, -0.15) is 0 Å². The molecule has 0 radical (unpaired) electrons. The Labute approximate surface area is 120 Å². The molecule has 0 unspecified atom stereocenters. The van der Waals surface area contributed by atoms with Crippen LogP contribution < -0.4 is 10.6 Å². The molecule has 0 aliphatic carbocycles. The summed E-state index contributed by atoms with van der Waals surface area (Å²) < 4.78 is 13.9. The van der Waals surface area contributed by atoms with Crippen molar-refractivity contribution in [3.63, 3.8) is 0 Å². The average Bonchev–Trinajstić information content (AvgIpc) is 2.32. The monoisotopic (exact) mass is 348 g/mol. The highest BCUT2D eigenvalue weighted by Crippen LogP contribution is 2.19. The molecule has 7 nitrogen and oxygen atoms in total. The van der Waals surface area contributed by atoms with Crippen LogP contribution >= 0.6 is 15.9 Å². The third kappa shape index (κ3) is 4.84. The molecular formula is C11H10BrFN2O5. The zero-order valence-corrected chi connectivity index (χ0v) is 11.5. The van der Waals surface area contributed by atoms with Crippen molar-refractivity contribution in [1.82, 2.24) is 5.32 Å². The first-order valence-corrected chi connectivity index (χ1v) is 6.06. The molecule has 1 atom stereocenters. The Kier molecular flexibility index (Phi) is 5.44. The van der Waals surface area contributed by atoms with Gasteiger partial charge in [-0.05, 0) is 18.2 Å². The number of urea groups is 1. The molecule has 108 valence electrons. The van der Waals surface area contributed by atoms with Gasteiger partial charge in [-0.3, -0.25) is 4.79 Å². The number of anilines is 1. The summed E-state index contributed by atoms with van der Waals surface area (Å²) in [6.45, 7) is 0. The summed E-state index contributed by atoms with van der Waals surface area (Å²) in [4.78, 5) is 32.7. The molecule has 9 heteroatoms. The number of hydrogen-bond donors (Lipinski definition) is 4. The van der Waals surface area contributed by atoms with E-state index in [9.17, 15) is 18.8 Å². The summed E-state index contributed by atoms with van der Waals surface area (Å²) in [6.07, 6.45) is -0.788. The lowest BCUT2D eigenvalue weighted by Gasteiger charge is -2.13. The predicted octanol–water partition coefficient (Wildman–Crippen LogP) is 1.64. The van der Waals surface area contributed by atoms with Gasteiger partial charge in [0.25, 0.3) is 0 Å². The van der Waals surface area contributed by atoms with Crippen LogP contribution in [0.3, 0.4) is 0 Å². The summed E-state index contributed by atoms with van der Waals surface area (Å²) in [6, 6.07) is 1.18. The maximum absolute atomic E-state index is 13.4. The minimum absolute atomic E-state index is 0.170. The number of carboxylic acids is 2. The fraction of sp³-hybridized carbons (Fsp3) is 0.182. The Morgan fingerprint density at radius 1 is 1.30 bits per heavy atom. The third-order valence-corrected chi connectivity index (χ3v) is 2.65. The minimum atomic E-state index is -1.61. The van der Waals surface area contributed by atoms with Crippen molar-refractivity contribution in [1.29, 1.82) is 0 Å². The van der Waals surface area contributed by atoms with Crippen molar-refractivity contribution in [2.75, 3.05) is 5.32 Å². The molecule has 0 aliphatic heterocycles. The van der Waals surface area contributed by atoms with Crippen molar-refractivity contribution < 1.29 is 29.0 Å². The first-order valence-electron chi connectivity index (χ1n) is 5.26. The lowest BCUT2D eigenvalue weighted by molar-refractivity contribution is -0.145. The molecule has 1 aromatic carbocycles. The number of amides is 2. The number of carbonyl (C=O) groups is 3. The van der Waals surface area contributed by atoms with Gasteiger partial charge in [-0.1, -0.05) is 15.9 Å². The fourth-order valence-corrected chi connectivity index (χ4v) is 1.65. The Balaban J connectivity index is 2.72. The van der Waals surface area contributed by atoms with Gasteiger partial charge in [-0.25, -0.2) is 14.0 Å². The maximum Gasteiger partial charge on any atom is 0.326 e. The van der Waals surface area contributed by atoms with Gasteiger partial charge >= 0.3 is 18.0 Å². The molecule has 0 spiro atoms. The summed E-state index contributed by atoms with van der Waals surface area (Å²) in [5.74, 6) is -3.60. The molecule has 0 heterocycles. The number of halogens is 2. The van der Waals surface area contributed by atoms with Crippen molar-refractivity contribution >= 4 is 39.6 Å². The van der Waals surface area contributed by atoms with Gasteiger partial charge in [0.1, 0.15) is 11.9 Å². The van der Waals surface area contributed by atoms with E-state index >= 15 is 0 Å². The molecule has 4 N–H and O–H groups in total. The zero-order chi connectivity index (χ0) is 15.3. The number of benzene rings is 1. The predicted molar refractivity (Wildman–Crippen MR) is 69.9 cm³/mol. The first kappa shape index (κ1) is 15.9. The molecule has 1 aromatic rings. The molecule has 0 fully saturated rings. The van der Waals surface area contributed by atoms with Crippen LogP contribution in [-0.4, -0.2) is 34.2 Å². The number of nitrogens with one attached hydrogen (secondary N) is 2. The van der Waals surface area contributed by atoms with Crippen LogP contribution in [0.25, 0.3) is 0 Å². The molecule has 0 saturated heterocycles. The van der Waals surface area contributed by atoms with E-state index in [1.54, 1.807) is 0 Å². The maximum atomic E-state index is 13.4. The highest BCUT2D eigenvalue weighted by Gasteiger charge is 2.23. The largest absolute Gasteiger partial charge is 0.481 e. The van der Waals surface area contributed by atoms with E-state index in [1.165, 1.54) is 12.1 Å². The van der Waals surface area contributed by atoms with E-state index in [4.69, 9.17) is 10.2 Å². The first-order chi connectivity index (χ1) is 9.29. The zero-order valence-electron chi connectivity index (χ0n) is 9.89. The Morgan fingerprint density at radius 3 is 2.50 bits per heavy atom. The highest BCUT2D eigenvalue weighted by molar-refractivity contribution is 9.10. The minimum Gasteiger partial charge on any atom is -0.481 e. The van der Waals surface area contributed by atoms with Crippen LogP contribution in [-0.2, 0) is 9.59 Å². The quantitative estimate of drug-likeness (QED) is 0.645. The molecule has 20 heavy (non-hydrogen) atoms. The summed E-state index contributed by atoms with van der Waals surface area (Å²) in [5.41, 5.74) is -0.170. The van der Waals surface area contributed by atoms with Crippen molar-refractivity contribution in [2.45, 2.75) is 12.5 Å². The van der Waals surface area contributed by atoms with Crippen LogP contribution in [0, 0.1) is 5.82 Å². The second kappa shape index (κ2) is 6.85. The fourth-order valence-electron chi connectivity index (χ4n) is 1.28. The van der Waals surface area contributed by atoms with Crippen LogP contribution in [0.2, 0.25) is 0 Å². The van der Waals surface area contributed by atoms with Gasteiger partial charge in [0.15, 0.2) is 0 Å². The number of rotatable bonds is 5. The van der Waals surface area contributed by atoms with Gasteiger partial charge in [-0.15, -0.1) is 0 Å². The van der Waals surface area contributed by atoms with Crippen molar-refractivity contribution in [3.8, 4) is 0 Å². The molecule has 0 bridgehead atoms. The SMILES string of the molecule is O=C(O)C[C@@H](NC(=O)Nc1cc(Br)ccc1F)C(=O)O. The average molecular weight is 349 g/mol. The third-order valence-electron chi connectivity index (χ3n) is 2.16. The molecule has 0 aliphatic rings. The van der Waals surface area contributed by atoms with E-state index in [1.807, 2.05) is 5.32 Å². The van der Waals surface area contributed by atoms with Crippen LogP contribution in [0.15, 0.2) is 22.7 Å². The van der Waals surface area contributed by atoms with Gasteiger partial charge < -0.3 is 20.8 Å². The van der Waals surface area contributed by atoms with E-state index in [2.05, 4.69) is 21.2 Å².